The summed E-state index contributed by atoms with van der Waals surface area (Å²) in [6, 6.07) is 8.97. The van der Waals surface area contributed by atoms with Gasteiger partial charge >= 0.3 is 0 Å². The Morgan fingerprint density at radius 1 is 1.43 bits per heavy atom. The molecule has 2 aromatic rings. The average molecular weight is 350 g/mol. The Balaban J connectivity index is 1.81. The maximum atomic E-state index is 12.6. The number of aryl methyl sites for hydroxylation is 1. The molecule has 0 bridgehead atoms. The molecule has 2 heterocycles. The van der Waals surface area contributed by atoms with Crippen molar-refractivity contribution < 1.29 is 4.79 Å². The summed E-state index contributed by atoms with van der Waals surface area (Å²) in [4.78, 5) is 30.4. The number of hydrogen-bond acceptors (Lipinski definition) is 4. The number of hydrogen-bond donors (Lipinski definition) is 0. The van der Waals surface area contributed by atoms with Crippen molar-refractivity contribution in [1.82, 2.24) is 14.5 Å². The number of carbonyl (C=O) groups excluding carboxylic acids is 1. The Hall–Kier alpha value is -1.79. The number of benzene rings is 1. The van der Waals surface area contributed by atoms with Crippen LogP contribution in [0.4, 0.5) is 0 Å². The largest absolute Gasteiger partial charge is 0.324 e. The summed E-state index contributed by atoms with van der Waals surface area (Å²) < 4.78 is 1.34. The Morgan fingerprint density at radius 2 is 2.22 bits per heavy atom. The minimum absolute atomic E-state index is 0.00632. The first-order valence-electron chi connectivity index (χ1n) is 7.25. The maximum Gasteiger partial charge on any atom is 0.253 e. The second kappa shape index (κ2) is 6.76. The molecular formula is C16H16ClN3O2S. The number of aromatic nitrogens is 2. The summed E-state index contributed by atoms with van der Waals surface area (Å²) in [6.45, 7) is 2.39. The molecule has 3 rings (SSSR count). The molecule has 1 amide bonds. The summed E-state index contributed by atoms with van der Waals surface area (Å²) in [5.74, 6) is 0.746. The van der Waals surface area contributed by atoms with E-state index < -0.39 is 0 Å². The SMILES string of the molecule is Cc1cc(=O)n(CC(=O)N2CCSC2c2ccccc2Cl)cn1. The van der Waals surface area contributed by atoms with E-state index in [-0.39, 0.29) is 23.4 Å². The van der Waals surface area contributed by atoms with Gasteiger partial charge in [-0.15, -0.1) is 11.8 Å². The van der Waals surface area contributed by atoms with Gasteiger partial charge in [-0.1, -0.05) is 29.8 Å². The van der Waals surface area contributed by atoms with Crippen molar-refractivity contribution in [3.8, 4) is 0 Å². The number of thioether (sulfide) groups is 1. The molecule has 0 aliphatic carbocycles. The van der Waals surface area contributed by atoms with Crippen LogP contribution in [0.15, 0.2) is 41.5 Å². The van der Waals surface area contributed by atoms with Gasteiger partial charge < -0.3 is 4.90 Å². The third-order valence-electron chi connectivity index (χ3n) is 3.70. The Kier molecular flexibility index (Phi) is 4.73. The van der Waals surface area contributed by atoms with E-state index in [4.69, 9.17) is 11.6 Å². The molecule has 5 nitrogen and oxygen atoms in total. The lowest BCUT2D eigenvalue weighted by Crippen LogP contribution is -2.36. The predicted octanol–water partition coefficient (Wildman–Crippen LogP) is 2.48. The van der Waals surface area contributed by atoms with Crippen LogP contribution >= 0.6 is 23.4 Å². The van der Waals surface area contributed by atoms with Gasteiger partial charge in [-0.3, -0.25) is 14.2 Å². The first kappa shape index (κ1) is 16.1. The topological polar surface area (TPSA) is 55.2 Å². The van der Waals surface area contributed by atoms with Gasteiger partial charge in [0.05, 0.1) is 6.33 Å². The quantitative estimate of drug-likeness (QED) is 0.854. The summed E-state index contributed by atoms with van der Waals surface area (Å²) in [7, 11) is 0. The lowest BCUT2D eigenvalue weighted by atomic mass is 10.2. The normalized spacial score (nSPS) is 17.5. The van der Waals surface area contributed by atoms with Gasteiger partial charge in [0.1, 0.15) is 11.9 Å². The van der Waals surface area contributed by atoms with Gasteiger partial charge in [0.15, 0.2) is 0 Å². The standard InChI is InChI=1S/C16H16ClN3O2S/c1-11-8-14(21)19(10-18-11)9-15(22)20-6-7-23-16(20)12-4-2-3-5-13(12)17/h2-5,8,10,16H,6-7,9H2,1H3. The summed E-state index contributed by atoms with van der Waals surface area (Å²) in [5, 5.41) is 0.546. The van der Waals surface area contributed by atoms with Crippen molar-refractivity contribution >= 4 is 29.3 Å². The molecule has 1 aliphatic heterocycles. The van der Waals surface area contributed by atoms with E-state index in [0.29, 0.717) is 17.3 Å². The third-order valence-corrected chi connectivity index (χ3v) is 5.29. The molecule has 1 aromatic carbocycles. The minimum Gasteiger partial charge on any atom is -0.324 e. The fraction of sp³-hybridized carbons (Fsp3) is 0.312. The van der Waals surface area contributed by atoms with E-state index in [1.807, 2.05) is 24.3 Å². The number of nitrogens with zero attached hydrogens (tertiary/aromatic N) is 3. The average Bonchev–Trinajstić information content (AvgIpc) is 3.00. The summed E-state index contributed by atoms with van der Waals surface area (Å²) in [5.41, 5.74) is 1.36. The number of halogens is 1. The third kappa shape index (κ3) is 3.43. The molecule has 1 aliphatic rings. The lowest BCUT2D eigenvalue weighted by Gasteiger charge is -2.25. The van der Waals surface area contributed by atoms with E-state index in [0.717, 1.165) is 11.3 Å². The van der Waals surface area contributed by atoms with Gasteiger partial charge in [0.2, 0.25) is 5.91 Å². The zero-order chi connectivity index (χ0) is 16.4. The molecule has 0 N–H and O–H groups in total. The summed E-state index contributed by atoms with van der Waals surface area (Å²) >= 11 is 7.94. The highest BCUT2D eigenvalue weighted by molar-refractivity contribution is 7.99. The van der Waals surface area contributed by atoms with E-state index in [2.05, 4.69) is 4.98 Å². The van der Waals surface area contributed by atoms with E-state index in [9.17, 15) is 9.59 Å². The van der Waals surface area contributed by atoms with E-state index >= 15 is 0 Å². The van der Waals surface area contributed by atoms with Crippen molar-refractivity contribution in [2.24, 2.45) is 0 Å². The lowest BCUT2D eigenvalue weighted by molar-refractivity contribution is -0.132. The molecule has 0 spiro atoms. The van der Waals surface area contributed by atoms with Gasteiger partial charge in [0, 0.05) is 34.6 Å². The Morgan fingerprint density at radius 3 is 2.96 bits per heavy atom. The molecule has 1 atom stereocenters. The van der Waals surface area contributed by atoms with Gasteiger partial charge in [-0.2, -0.15) is 0 Å². The first-order chi connectivity index (χ1) is 11.1. The van der Waals surface area contributed by atoms with Gasteiger partial charge in [-0.05, 0) is 13.0 Å². The molecule has 23 heavy (non-hydrogen) atoms. The number of carbonyl (C=O) groups is 1. The summed E-state index contributed by atoms with van der Waals surface area (Å²) in [6.07, 6.45) is 1.42. The Bertz CT molecular complexity index is 793. The molecule has 1 unspecified atom stereocenters. The van der Waals surface area contributed by atoms with Gasteiger partial charge in [-0.25, -0.2) is 4.98 Å². The van der Waals surface area contributed by atoms with E-state index in [1.54, 1.807) is 23.6 Å². The van der Waals surface area contributed by atoms with Crippen LogP contribution in [0.3, 0.4) is 0 Å². The zero-order valence-electron chi connectivity index (χ0n) is 12.6. The van der Waals surface area contributed by atoms with Crippen LogP contribution in [0, 0.1) is 6.92 Å². The molecule has 7 heteroatoms. The van der Waals surface area contributed by atoms with Crippen LogP contribution in [0.2, 0.25) is 5.02 Å². The van der Waals surface area contributed by atoms with Crippen molar-refractivity contribution in [2.45, 2.75) is 18.8 Å². The molecule has 1 aromatic heterocycles. The highest BCUT2D eigenvalue weighted by atomic mass is 35.5. The van der Waals surface area contributed by atoms with Crippen molar-refractivity contribution in [1.29, 1.82) is 0 Å². The molecular weight excluding hydrogens is 334 g/mol. The maximum absolute atomic E-state index is 12.6. The fourth-order valence-corrected chi connectivity index (χ4v) is 4.15. The molecule has 0 saturated carbocycles. The monoisotopic (exact) mass is 349 g/mol. The number of rotatable bonds is 3. The van der Waals surface area contributed by atoms with Crippen LogP contribution in [-0.4, -0.2) is 32.7 Å². The first-order valence-corrected chi connectivity index (χ1v) is 8.67. The minimum atomic E-state index is -0.216. The highest BCUT2D eigenvalue weighted by Crippen LogP contribution is 2.40. The van der Waals surface area contributed by atoms with Crippen LogP contribution in [0.5, 0.6) is 0 Å². The van der Waals surface area contributed by atoms with Crippen molar-refractivity contribution in [2.75, 3.05) is 12.3 Å². The van der Waals surface area contributed by atoms with Gasteiger partial charge in [0.25, 0.3) is 5.56 Å². The number of amides is 1. The van der Waals surface area contributed by atoms with Crippen LogP contribution in [-0.2, 0) is 11.3 Å². The van der Waals surface area contributed by atoms with Crippen molar-refractivity contribution in [3.63, 3.8) is 0 Å². The zero-order valence-corrected chi connectivity index (χ0v) is 14.2. The molecule has 0 radical (unpaired) electrons. The molecule has 1 fully saturated rings. The smallest absolute Gasteiger partial charge is 0.253 e. The van der Waals surface area contributed by atoms with E-state index in [1.165, 1.54) is 17.0 Å². The second-order valence-electron chi connectivity index (χ2n) is 5.33. The highest BCUT2D eigenvalue weighted by Gasteiger charge is 2.31. The molecule has 120 valence electrons. The second-order valence-corrected chi connectivity index (χ2v) is 6.92. The fourth-order valence-electron chi connectivity index (χ4n) is 2.53. The van der Waals surface area contributed by atoms with Crippen LogP contribution in [0.1, 0.15) is 16.6 Å². The van der Waals surface area contributed by atoms with Crippen LogP contribution in [0.25, 0.3) is 0 Å². The Labute approximate surface area is 143 Å². The predicted molar refractivity (Wildman–Crippen MR) is 91.6 cm³/mol. The molecule has 1 saturated heterocycles. The van der Waals surface area contributed by atoms with Crippen molar-refractivity contribution in [3.05, 3.63) is 63.3 Å². The van der Waals surface area contributed by atoms with Crippen LogP contribution < -0.4 is 5.56 Å².